The van der Waals surface area contributed by atoms with Crippen molar-refractivity contribution in [3.63, 3.8) is 0 Å². The minimum atomic E-state index is -0.408. The summed E-state index contributed by atoms with van der Waals surface area (Å²) in [6, 6.07) is 14.3. The number of thiocarbonyl (C=S) groups is 1. The molecule has 0 spiro atoms. The number of nitrogens with one attached hydrogen (secondary N) is 3. The van der Waals surface area contributed by atoms with Crippen LogP contribution in [0.1, 0.15) is 42.1 Å². The molecule has 0 heterocycles. The molecule has 0 bridgehead atoms. The molecule has 7 nitrogen and oxygen atoms in total. The Morgan fingerprint density at radius 1 is 0.933 bits per heavy atom. The molecule has 0 atom stereocenters. The summed E-state index contributed by atoms with van der Waals surface area (Å²) < 4.78 is 4.92. The van der Waals surface area contributed by atoms with Crippen LogP contribution in [0.5, 0.6) is 0 Å². The zero-order valence-corrected chi connectivity index (χ0v) is 17.8. The molecule has 2 rings (SSSR count). The SMILES string of the molecule is CCCOC(=O)CCC(=O)NC(=S)Nc1ccc(NC(=O)c2ccccc2C)cc1. The van der Waals surface area contributed by atoms with Crippen LogP contribution in [-0.4, -0.2) is 29.5 Å². The highest BCUT2D eigenvalue weighted by molar-refractivity contribution is 7.80. The zero-order valence-electron chi connectivity index (χ0n) is 17.0. The lowest BCUT2D eigenvalue weighted by Crippen LogP contribution is -2.34. The summed E-state index contributed by atoms with van der Waals surface area (Å²) >= 11 is 5.11. The van der Waals surface area contributed by atoms with Crippen LogP contribution in [0.4, 0.5) is 11.4 Å². The van der Waals surface area contributed by atoms with Crippen molar-refractivity contribution in [2.24, 2.45) is 0 Å². The Hall–Kier alpha value is -3.26. The van der Waals surface area contributed by atoms with Gasteiger partial charge in [0.25, 0.3) is 5.91 Å². The molecule has 30 heavy (non-hydrogen) atoms. The normalized spacial score (nSPS) is 10.1. The largest absolute Gasteiger partial charge is 0.466 e. The first-order chi connectivity index (χ1) is 14.4. The van der Waals surface area contributed by atoms with E-state index in [9.17, 15) is 14.4 Å². The molecule has 0 aliphatic heterocycles. The lowest BCUT2D eigenvalue weighted by atomic mass is 10.1. The molecule has 2 amide bonds. The molecular weight excluding hydrogens is 402 g/mol. The minimum absolute atomic E-state index is 0.00370. The van der Waals surface area contributed by atoms with Crippen molar-refractivity contribution in [1.29, 1.82) is 0 Å². The molecule has 0 saturated carbocycles. The highest BCUT2D eigenvalue weighted by Gasteiger charge is 2.10. The van der Waals surface area contributed by atoms with Gasteiger partial charge in [0, 0.05) is 23.4 Å². The first-order valence-electron chi connectivity index (χ1n) is 9.62. The molecule has 158 valence electrons. The Balaban J connectivity index is 1.80. The van der Waals surface area contributed by atoms with Gasteiger partial charge in [0.2, 0.25) is 5.91 Å². The van der Waals surface area contributed by atoms with Crippen molar-refractivity contribution in [2.75, 3.05) is 17.2 Å². The number of aryl methyl sites for hydroxylation is 1. The first kappa shape index (κ1) is 23.0. The number of carbonyl (C=O) groups excluding carboxylic acids is 3. The number of hydrogen-bond acceptors (Lipinski definition) is 5. The van der Waals surface area contributed by atoms with Crippen LogP contribution < -0.4 is 16.0 Å². The Kier molecular flexibility index (Phi) is 8.96. The van der Waals surface area contributed by atoms with Gasteiger partial charge >= 0.3 is 5.97 Å². The topological polar surface area (TPSA) is 96.5 Å². The number of hydrogen-bond donors (Lipinski definition) is 3. The highest BCUT2D eigenvalue weighted by atomic mass is 32.1. The van der Waals surface area contributed by atoms with E-state index >= 15 is 0 Å². The van der Waals surface area contributed by atoms with Crippen LogP contribution in [0.3, 0.4) is 0 Å². The van der Waals surface area contributed by atoms with E-state index in [0.717, 1.165) is 12.0 Å². The summed E-state index contributed by atoms with van der Waals surface area (Å²) in [4.78, 5) is 35.6. The maximum Gasteiger partial charge on any atom is 0.306 e. The van der Waals surface area contributed by atoms with Crippen LogP contribution >= 0.6 is 12.2 Å². The van der Waals surface area contributed by atoms with Gasteiger partial charge in [-0.05, 0) is 61.5 Å². The summed E-state index contributed by atoms with van der Waals surface area (Å²) in [5.74, 6) is -0.966. The van der Waals surface area contributed by atoms with Gasteiger partial charge in [0.1, 0.15) is 0 Å². The monoisotopic (exact) mass is 427 g/mol. The summed E-state index contributed by atoms with van der Waals surface area (Å²) in [5, 5.41) is 8.37. The second-order valence-electron chi connectivity index (χ2n) is 6.57. The van der Waals surface area contributed by atoms with Crippen LogP contribution in [0, 0.1) is 6.92 Å². The zero-order chi connectivity index (χ0) is 21.9. The molecule has 8 heteroatoms. The van der Waals surface area contributed by atoms with Gasteiger partial charge in [-0.15, -0.1) is 0 Å². The molecule has 0 radical (unpaired) electrons. The first-order valence-corrected chi connectivity index (χ1v) is 10.0. The standard InChI is InChI=1S/C22H25N3O4S/c1-3-14-29-20(27)13-12-19(26)25-22(30)24-17-10-8-16(9-11-17)23-21(28)18-7-5-4-6-15(18)2/h4-11H,3,12-14H2,1-2H3,(H,23,28)(H2,24,25,26,30). The van der Waals surface area contributed by atoms with Gasteiger partial charge in [0.05, 0.1) is 13.0 Å². The van der Waals surface area contributed by atoms with Crippen molar-refractivity contribution >= 4 is 46.5 Å². The van der Waals surface area contributed by atoms with Crippen molar-refractivity contribution in [1.82, 2.24) is 5.32 Å². The molecule has 0 aliphatic carbocycles. The fraction of sp³-hybridized carbons (Fsp3) is 0.273. The average Bonchev–Trinajstić information content (AvgIpc) is 2.72. The van der Waals surface area contributed by atoms with Gasteiger partial charge in [-0.3, -0.25) is 14.4 Å². The molecule has 0 aromatic heterocycles. The summed E-state index contributed by atoms with van der Waals surface area (Å²) in [7, 11) is 0. The van der Waals surface area contributed by atoms with Gasteiger partial charge in [-0.2, -0.15) is 0 Å². The molecule has 2 aromatic rings. The Labute approximate surface area is 181 Å². The van der Waals surface area contributed by atoms with E-state index in [2.05, 4.69) is 16.0 Å². The van der Waals surface area contributed by atoms with E-state index in [4.69, 9.17) is 17.0 Å². The smallest absolute Gasteiger partial charge is 0.306 e. The quantitative estimate of drug-likeness (QED) is 0.438. The minimum Gasteiger partial charge on any atom is -0.466 e. The molecule has 0 fully saturated rings. The number of anilines is 2. The van der Waals surface area contributed by atoms with E-state index in [-0.39, 0.29) is 29.8 Å². The van der Waals surface area contributed by atoms with Gasteiger partial charge in [0.15, 0.2) is 5.11 Å². The average molecular weight is 428 g/mol. The van der Waals surface area contributed by atoms with E-state index in [1.54, 1.807) is 30.3 Å². The second-order valence-corrected chi connectivity index (χ2v) is 6.98. The maximum absolute atomic E-state index is 12.4. The van der Waals surface area contributed by atoms with Gasteiger partial charge in [-0.1, -0.05) is 25.1 Å². The molecule has 0 aliphatic rings. The van der Waals surface area contributed by atoms with Crippen molar-refractivity contribution in [3.8, 4) is 0 Å². The van der Waals surface area contributed by atoms with E-state index < -0.39 is 5.97 Å². The maximum atomic E-state index is 12.4. The number of rotatable bonds is 8. The summed E-state index contributed by atoms with van der Waals surface area (Å²) in [6.45, 7) is 4.13. The Bertz CT molecular complexity index is 913. The van der Waals surface area contributed by atoms with E-state index in [1.807, 2.05) is 32.0 Å². The molecule has 3 N–H and O–H groups in total. The summed E-state index contributed by atoms with van der Waals surface area (Å²) in [6.07, 6.45) is 0.734. The van der Waals surface area contributed by atoms with Crippen molar-refractivity contribution < 1.29 is 19.1 Å². The second kappa shape index (κ2) is 11.7. The van der Waals surface area contributed by atoms with Crippen LogP contribution in [0.2, 0.25) is 0 Å². The Morgan fingerprint density at radius 3 is 2.20 bits per heavy atom. The van der Waals surface area contributed by atoms with Gasteiger partial charge in [-0.25, -0.2) is 0 Å². The number of benzene rings is 2. The van der Waals surface area contributed by atoms with Crippen molar-refractivity contribution in [3.05, 3.63) is 59.7 Å². The third kappa shape index (κ3) is 7.63. The fourth-order valence-corrected chi connectivity index (χ4v) is 2.75. The lowest BCUT2D eigenvalue weighted by Gasteiger charge is -2.11. The van der Waals surface area contributed by atoms with E-state index in [1.165, 1.54) is 0 Å². The van der Waals surface area contributed by atoms with E-state index in [0.29, 0.717) is 23.5 Å². The molecule has 0 unspecified atom stereocenters. The predicted molar refractivity (Wildman–Crippen MR) is 120 cm³/mol. The molecule has 0 saturated heterocycles. The number of esters is 1. The van der Waals surface area contributed by atoms with Crippen LogP contribution in [-0.2, 0) is 14.3 Å². The fourth-order valence-electron chi connectivity index (χ4n) is 2.52. The number of ether oxygens (including phenoxy) is 1. The molecule has 2 aromatic carbocycles. The molecular formula is C22H25N3O4S. The third-order valence-electron chi connectivity index (χ3n) is 4.07. The van der Waals surface area contributed by atoms with Crippen LogP contribution in [0.25, 0.3) is 0 Å². The lowest BCUT2D eigenvalue weighted by molar-refractivity contribution is -0.144. The third-order valence-corrected chi connectivity index (χ3v) is 4.27. The Morgan fingerprint density at radius 2 is 1.57 bits per heavy atom. The van der Waals surface area contributed by atoms with Gasteiger partial charge < -0.3 is 20.7 Å². The number of carbonyl (C=O) groups is 3. The highest BCUT2D eigenvalue weighted by Crippen LogP contribution is 2.16. The predicted octanol–water partition coefficient (Wildman–Crippen LogP) is 3.79. The summed E-state index contributed by atoms with van der Waals surface area (Å²) in [5.41, 5.74) is 2.79. The van der Waals surface area contributed by atoms with Crippen molar-refractivity contribution in [2.45, 2.75) is 33.1 Å². The van der Waals surface area contributed by atoms with Crippen LogP contribution in [0.15, 0.2) is 48.5 Å². The number of amides is 2.